The number of rotatable bonds is 6. The molecule has 1 unspecified atom stereocenters. The number of nitrogens with zero attached hydrogens (tertiary/aromatic N) is 2. The maximum Gasteiger partial charge on any atom is 0.223 e. The van der Waals surface area contributed by atoms with Crippen molar-refractivity contribution in [3.63, 3.8) is 0 Å². The van der Waals surface area contributed by atoms with Gasteiger partial charge in [-0.1, -0.05) is 13.0 Å². The molecule has 2 aliphatic rings. The van der Waals surface area contributed by atoms with Crippen molar-refractivity contribution in [1.82, 2.24) is 10.3 Å². The fraction of sp³-hybridized carbons (Fsp3) is 0.538. The van der Waals surface area contributed by atoms with E-state index in [1.165, 1.54) is 0 Å². The molecule has 1 N–H and O–H groups in total. The van der Waals surface area contributed by atoms with Crippen molar-refractivity contribution in [3.8, 4) is 11.1 Å². The summed E-state index contributed by atoms with van der Waals surface area (Å²) in [6, 6.07) is 7.78. The van der Waals surface area contributed by atoms with Gasteiger partial charge in [-0.2, -0.15) is 0 Å². The van der Waals surface area contributed by atoms with Crippen molar-refractivity contribution in [2.45, 2.75) is 66.2 Å². The number of hydrogen-bond donors (Lipinski definition) is 1. The molecular weight excluding hydrogens is 405 g/mol. The monoisotopic (exact) mass is 439 g/mol. The minimum absolute atomic E-state index is 0.000963. The fourth-order valence-corrected chi connectivity index (χ4v) is 4.81. The number of carbonyl (C=O) groups excluding carboxylic acids is 1. The number of aryl methyl sites for hydroxylation is 2. The first kappa shape index (κ1) is 22.7. The number of carbonyl (C=O) groups is 1. The highest BCUT2D eigenvalue weighted by Crippen LogP contribution is 2.37. The summed E-state index contributed by atoms with van der Waals surface area (Å²) in [5.74, 6) is 0.165. The van der Waals surface area contributed by atoms with E-state index in [-0.39, 0.29) is 36.4 Å². The Balaban J connectivity index is 1.70. The normalized spacial score (nSPS) is 22.0. The van der Waals surface area contributed by atoms with E-state index in [1.54, 1.807) is 0 Å². The highest BCUT2D eigenvalue weighted by Gasteiger charge is 2.33. The van der Waals surface area contributed by atoms with Crippen molar-refractivity contribution in [3.05, 3.63) is 47.0 Å². The Morgan fingerprint density at radius 2 is 1.81 bits per heavy atom. The topological polar surface area (TPSA) is 54.5 Å². The molecule has 2 fully saturated rings. The Morgan fingerprint density at radius 1 is 1.19 bits per heavy atom. The Kier molecular flexibility index (Phi) is 6.52. The van der Waals surface area contributed by atoms with Crippen LogP contribution in [0.4, 0.5) is 10.1 Å². The Bertz CT molecular complexity index is 975. The summed E-state index contributed by atoms with van der Waals surface area (Å²) in [6.45, 7) is 11.3. The molecule has 2 heterocycles. The largest absolute Gasteiger partial charge is 0.372 e. The molecule has 1 saturated carbocycles. The van der Waals surface area contributed by atoms with Crippen molar-refractivity contribution in [1.29, 1.82) is 0 Å². The number of pyridine rings is 1. The van der Waals surface area contributed by atoms with Crippen molar-refractivity contribution >= 4 is 11.6 Å². The third-order valence-corrected chi connectivity index (χ3v) is 6.56. The third kappa shape index (κ3) is 4.96. The SMILES string of the molecule is Cc1cc(-c2ccc(N3C[C@@H](C)O[C@@H](C)C3)c(F)c2CNC(=O)C(C)C2CC2)cc(C)n1. The molecule has 4 rings (SSSR count). The van der Waals surface area contributed by atoms with Gasteiger partial charge in [-0.25, -0.2) is 4.39 Å². The van der Waals surface area contributed by atoms with E-state index < -0.39 is 0 Å². The molecule has 1 saturated heterocycles. The summed E-state index contributed by atoms with van der Waals surface area (Å²) in [5.41, 5.74) is 4.58. The van der Waals surface area contributed by atoms with E-state index in [0.29, 0.717) is 30.3 Å². The average molecular weight is 440 g/mol. The number of morpholine rings is 1. The zero-order valence-electron chi connectivity index (χ0n) is 19.7. The van der Waals surface area contributed by atoms with E-state index in [0.717, 1.165) is 35.4 Å². The summed E-state index contributed by atoms with van der Waals surface area (Å²) < 4.78 is 21.9. The molecule has 0 radical (unpaired) electrons. The van der Waals surface area contributed by atoms with Crippen LogP contribution in [0.5, 0.6) is 0 Å². The van der Waals surface area contributed by atoms with Crippen molar-refractivity contribution in [2.24, 2.45) is 11.8 Å². The van der Waals surface area contributed by atoms with Gasteiger partial charge in [-0.05, 0) is 75.8 Å². The minimum Gasteiger partial charge on any atom is -0.372 e. The van der Waals surface area contributed by atoms with Gasteiger partial charge in [-0.15, -0.1) is 0 Å². The lowest BCUT2D eigenvalue weighted by Crippen LogP contribution is -2.46. The molecule has 1 amide bonds. The molecule has 1 aliphatic carbocycles. The van der Waals surface area contributed by atoms with Gasteiger partial charge in [0.05, 0.1) is 17.9 Å². The number of hydrogen-bond acceptors (Lipinski definition) is 4. The molecule has 2 aromatic rings. The van der Waals surface area contributed by atoms with Gasteiger partial charge in [0.1, 0.15) is 0 Å². The predicted octanol–water partition coefficient (Wildman–Crippen LogP) is 4.78. The molecular formula is C26H34FN3O2. The summed E-state index contributed by atoms with van der Waals surface area (Å²) in [7, 11) is 0. The summed E-state index contributed by atoms with van der Waals surface area (Å²) >= 11 is 0. The molecule has 1 aliphatic heterocycles. The van der Waals surface area contributed by atoms with Crippen LogP contribution in [0.3, 0.4) is 0 Å². The number of amides is 1. The number of benzene rings is 1. The summed E-state index contributed by atoms with van der Waals surface area (Å²) in [4.78, 5) is 19.2. The van der Waals surface area contributed by atoms with Crippen LogP contribution in [0, 0.1) is 31.5 Å². The van der Waals surface area contributed by atoms with Gasteiger partial charge in [0.15, 0.2) is 5.82 Å². The molecule has 5 nitrogen and oxygen atoms in total. The van der Waals surface area contributed by atoms with Crippen molar-refractivity contribution in [2.75, 3.05) is 18.0 Å². The van der Waals surface area contributed by atoms with Crippen LogP contribution in [0.1, 0.15) is 50.6 Å². The molecule has 0 spiro atoms. The Labute approximate surface area is 190 Å². The highest BCUT2D eigenvalue weighted by atomic mass is 19.1. The van der Waals surface area contributed by atoms with Crippen LogP contribution in [0.25, 0.3) is 11.1 Å². The average Bonchev–Trinajstić information content (AvgIpc) is 3.55. The first-order valence-electron chi connectivity index (χ1n) is 11.7. The van der Waals surface area contributed by atoms with Gasteiger partial charge >= 0.3 is 0 Å². The zero-order valence-corrected chi connectivity index (χ0v) is 19.7. The van der Waals surface area contributed by atoms with Gasteiger partial charge in [0.2, 0.25) is 5.91 Å². The second-order valence-electron chi connectivity index (χ2n) is 9.57. The lowest BCUT2D eigenvalue weighted by Gasteiger charge is -2.37. The van der Waals surface area contributed by atoms with E-state index >= 15 is 4.39 Å². The smallest absolute Gasteiger partial charge is 0.223 e. The van der Waals surface area contributed by atoms with E-state index in [2.05, 4.69) is 15.2 Å². The van der Waals surface area contributed by atoms with Crippen LogP contribution in [-0.2, 0) is 16.1 Å². The summed E-state index contributed by atoms with van der Waals surface area (Å²) in [5, 5.41) is 3.01. The first-order chi connectivity index (χ1) is 15.2. The van der Waals surface area contributed by atoms with E-state index in [4.69, 9.17) is 4.74 Å². The quantitative estimate of drug-likeness (QED) is 0.704. The van der Waals surface area contributed by atoms with Gasteiger partial charge in [-0.3, -0.25) is 9.78 Å². The first-order valence-corrected chi connectivity index (χ1v) is 11.7. The van der Waals surface area contributed by atoms with E-state index in [9.17, 15) is 4.79 Å². The van der Waals surface area contributed by atoms with Gasteiger partial charge in [0, 0.05) is 42.5 Å². The molecule has 3 atom stereocenters. The maximum atomic E-state index is 16.0. The Morgan fingerprint density at radius 3 is 2.41 bits per heavy atom. The lowest BCUT2D eigenvalue weighted by molar-refractivity contribution is -0.125. The van der Waals surface area contributed by atoms with Gasteiger partial charge in [0.25, 0.3) is 0 Å². The van der Waals surface area contributed by atoms with Crippen LogP contribution in [0.15, 0.2) is 24.3 Å². The second kappa shape index (κ2) is 9.18. The standard InChI is InChI=1S/C26H34FN3O2/c1-15-10-21(11-16(2)29-15)22-8-9-24(30-13-17(3)32-18(4)14-30)25(27)23(22)12-28-26(31)19(5)20-6-7-20/h8-11,17-20H,6-7,12-14H2,1-5H3,(H,28,31)/t17-,18+,19?. The number of aromatic nitrogens is 1. The van der Waals surface area contributed by atoms with Gasteiger partial charge < -0.3 is 15.0 Å². The summed E-state index contributed by atoms with van der Waals surface area (Å²) in [6.07, 6.45) is 2.27. The number of anilines is 1. The number of ether oxygens (including phenoxy) is 1. The maximum absolute atomic E-state index is 16.0. The van der Waals surface area contributed by atoms with E-state index in [1.807, 2.05) is 58.9 Å². The zero-order chi connectivity index (χ0) is 23.0. The molecule has 172 valence electrons. The molecule has 1 aromatic carbocycles. The predicted molar refractivity (Wildman–Crippen MR) is 125 cm³/mol. The molecule has 0 bridgehead atoms. The van der Waals surface area contributed by atoms with Crippen molar-refractivity contribution < 1.29 is 13.9 Å². The third-order valence-electron chi connectivity index (χ3n) is 6.56. The van der Waals surface area contributed by atoms with Crippen LogP contribution in [0.2, 0.25) is 0 Å². The minimum atomic E-state index is -0.268. The Hall–Kier alpha value is -2.47. The van der Waals surface area contributed by atoms with Crippen LogP contribution >= 0.6 is 0 Å². The van der Waals surface area contributed by atoms with Crippen LogP contribution < -0.4 is 10.2 Å². The van der Waals surface area contributed by atoms with Crippen LogP contribution in [-0.4, -0.2) is 36.2 Å². The highest BCUT2D eigenvalue weighted by molar-refractivity contribution is 5.80. The second-order valence-corrected chi connectivity index (χ2v) is 9.57. The lowest BCUT2D eigenvalue weighted by atomic mass is 9.96. The molecule has 6 heteroatoms. The molecule has 1 aromatic heterocycles. The number of halogens is 1. The number of nitrogens with one attached hydrogen (secondary N) is 1. The molecule has 32 heavy (non-hydrogen) atoms. The fourth-order valence-electron chi connectivity index (χ4n) is 4.81.